The lowest BCUT2D eigenvalue weighted by Crippen LogP contribution is -2.60. The van der Waals surface area contributed by atoms with Gasteiger partial charge in [-0.1, -0.05) is 111 Å². The molecule has 2 aromatic rings. The number of urea groups is 1. The summed E-state index contributed by atoms with van der Waals surface area (Å²) in [6.45, 7) is 18.1. The van der Waals surface area contributed by atoms with Crippen molar-refractivity contribution in [1.29, 1.82) is 0 Å². The van der Waals surface area contributed by atoms with E-state index in [0.717, 1.165) is 4.90 Å². The van der Waals surface area contributed by atoms with Crippen LogP contribution in [0, 0.1) is 29.6 Å². The minimum absolute atomic E-state index is 0.0225. The summed E-state index contributed by atoms with van der Waals surface area (Å²) in [4.78, 5) is 168. The minimum Gasteiger partial charge on any atom is -0.445 e. The van der Waals surface area contributed by atoms with E-state index in [1.807, 2.05) is 32.0 Å². The van der Waals surface area contributed by atoms with E-state index in [9.17, 15) is 62.6 Å². The largest absolute Gasteiger partial charge is 0.445 e. The Bertz CT molecular complexity index is 2920. The molecule has 9 N–H and O–H groups in total. The number of hydroxylamine groups is 2. The highest BCUT2D eigenvalue weighted by atomic mass is 16.7. The molecule has 12 amide bonds. The molecule has 95 heavy (non-hydrogen) atoms. The standard InChI is InChI=1S/C67H103N11O17/c1-15-41(8)58(49(92-13)36-53(82)77-35-21-25-48(77)60(93-14)42(9)61(85)70-43(10)59(84)45-22-17-16-18-23-45)75(11)65(89)56(39(4)5)74-64(88)57(40(6)7)76(12)67(91)94-37-44-28-30-46(31-29-44)71-62(86)47(24-20-34-69-66(68)90)72-63(87)55(38(2)3)73-50(79)26-19-27-54(83)95-78-51(80)32-33-52(78)81/h16-18,22-23,28-31,38-43,47-49,55-60,84H,15,19-21,24-27,32-37H2,1-14H3,(H,70,85)(H,71,86)(H,72,87)(H,73,79)(H,74,88)(H3,68,69,90)/t41?,42-,43-,47+,48+,49-,55+,56+,57+,58+,59-,60-/m1/s1. The molecule has 0 bridgehead atoms. The van der Waals surface area contributed by atoms with Gasteiger partial charge < -0.3 is 71.6 Å². The van der Waals surface area contributed by atoms with Crippen LogP contribution in [0.25, 0.3) is 0 Å². The van der Waals surface area contributed by atoms with Crippen LogP contribution in [0.4, 0.5) is 15.3 Å². The van der Waals surface area contributed by atoms with Crippen molar-refractivity contribution in [2.45, 2.75) is 207 Å². The van der Waals surface area contributed by atoms with Crippen LogP contribution in [-0.2, 0) is 73.6 Å². The van der Waals surface area contributed by atoms with E-state index in [2.05, 4.69) is 31.9 Å². The van der Waals surface area contributed by atoms with Crippen LogP contribution >= 0.6 is 0 Å². The summed E-state index contributed by atoms with van der Waals surface area (Å²) in [5.41, 5.74) is 6.69. The number of ether oxygens (including phenoxy) is 3. The lowest BCUT2D eigenvalue weighted by Gasteiger charge is -2.41. The van der Waals surface area contributed by atoms with Gasteiger partial charge in [0.25, 0.3) is 11.8 Å². The maximum atomic E-state index is 14.8. The number of nitrogens with one attached hydrogen (secondary N) is 6. The molecule has 528 valence electrons. The lowest BCUT2D eigenvalue weighted by molar-refractivity contribution is -0.197. The highest BCUT2D eigenvalue weighted by molar-refractivity contribution is 6.02. The normalized spacial score (nSPS) is 17.4. The van der Waals surface area contributed by atoms with Crippen molar-refractivity contribution in [3.8, 4) is 0 Å². The first kappa shape index (κ1) is 79.2. The molecule has 2 aliphatic rings. The first-order valence-corrected chi connectivity index (χ1v) is 32.8. The summed E-state index contributed by atoms with van der Waals surface area (Å²) in [7, 11) is 6.04. The molecule has 28 heteroatoms. The van der Waals surface area contributed by atoms with Gasteiger partial charge in [0.2, 0.25) is 41.4 Å². The maximum Gasteiger partial charge on any atom is 0.410 e. The molecule has 0 spiro atoms. The predicted octanol–water partition coefficient (Wildman–Crippen LogP) is 4.37. The number of likely N-dealkylation sites (tertiary alicyclic amines) is 1. The molecule has 0 radical (unpaired) electrons. The van der Waals surface area contributed by atoms with E-state index >= 15 is 0 Å². The van der Waals surface area contributed by atoms with Gasteiger partial charge in [0.15, 0.2) is 0 Å². The number of nitrogens with two attached hydrogens (primary N) is 1. The van der Waals surface area contributed by atoms with Gasteiger partial charge in [-0.3, -0.25) is 48.1 Å². The molecule has 4 rings (SSSR count). The number of nitrogens with zero attached hydrogens (tertiary/aromatic N) is 4. The fourth-order valence-corrected chi connectivity index (χ4v) is 11.9. The number of primary amides is 1. The van der Waals surface area contributed by atoms with Crippen molar-refractivity contribution in [2.24, 2.45) is 35.3 Å². The van der Waals surface area contributed by atoms with Crippen LogP contribution in [-0.4, -0.2) is 192 Å². The quantitative estimate of drug-likeness (QED) is 0.0344. The summed E-state index contributed by atoms with van der Waals surface area (Å²) in [6, 6.07) is 8.36. The number of likely N-dealkylation sites (N-methyl/N-ethyl adjacent to an activating group) is 2. The van der Waals surface area contributed by atoms with Crippen LogP contribution in [0.5, 0.6) is 0 Å². The highest BCUT2D eigenvalue weighted by Gasteiger charge is 2.44. The molecule has 2 fully saturated rings. The van der Waals surface area contributed by atoms with Crippen LogP contribution < -0.4 is 37.6 Å². The van der Waals surface area contributed by atoms with Crippen molar-refractivity contribution >= 4 is 76.9 Å². The van der Waals surface area contributed by atoms with Crippen molar-refractivity contribution in [3.05, 3.63) is 65.7 Å². The van der Waals surface area contributed by atoms with Crippen molar-refractivity contribution in [1.82, 2.24) is 46.3 Å². The van der Waals surface area contributed by atoms with Gasteiger partial charge in [-0.05, 0) is 86.0 Å². The second-order valence-corrected chi connectivity index (χ2v) is 25.7. The Balaban J connectivity index is 1.38. The van der Waals surface area contributed by atoms with Gasteiger partial charge in [-0.25, -0.2) is 14.4 Å². The second kappa shape index (κ2) is 38.3. The monoisotopic (exact) mass is 1330 g/mol. The van der Waals surface area contributed by atoms with Crippen molar-refractivity contribution in [3.63, 3.8) is 0 Å². The van der Waals surface area contributed by atoms with E-state index in [4.69, 9.17) is 24.8 Å². The zero-order chi connectivity index (χ0) is 71.0. The Morgan fingerprint density at radius 3 is 1.92 bits per heavy atom. The third kappa shape index (κ3) is 23.3. The number of benzene rings is 2. The SMILES string of the molecule is CCC(C)[C@@H]([C@@H](CC(=O)N1CCC[C@H]1[C@H](OC)[C@@H](C)C(=O)N[C@H](C)[C@@H](O)c1ccccc1)OC)N(C)C(=O)[C@@H](NC(=O)[C@H](C(C)C)N(C)C(=O)OCc1ccc(NC(=O)[C@H](CCCNC(N)=O)NC(=O)[C@@H](NC(=O)CCCC(=O)ON2C(=O)CCC2=O)C(C)C)cc1)C(C)C. The summed E-state index contributed by atoms with van der Waals surface area (Å²) < 4.78 is 17.7. The van der Waals surface area contributed by atoms with Crippen molar-refractivity contribution in [2.75, 3.05) is 46.7 Å². The number of hydrogen-bond acceptors (Lipinski definition) is 17. The fraction of sp³-hybridized carbons (Fsp3) is 0.642. The first-order valence-electron chi connectivity index (χ1n) is 32.8. The molecule has 2 heterocycles. The third-order valence-corrected chi connectivity index (χ3v) is 17.5. The molecule has 1 unspecified atom stereocenters. The summed E-state index contributed by atoms with van der Waals surface area (Å²) in [5, 5.41) is 27.8. The van der Waals surface area contributed by atoms with Crippen molar-refractivity contribution < 1.29 is 81.7 Å². The van der Waals surface area contributed by atoms with Crippen LogP contribution in [0.1, 0.15) is 157 Å². The predicted molar refractivity (Wildman–Crippen MR) is 350 cm³/mol. The number of rotatable bonds is 37. The summed E-state index contributed by atoms with van der Waals surface area (Å²) >= 11 is 0. The van der Waals surface area contributed by atoms with E-state index in [1.54, 1.807) is 104 Å². The zero-order valence-electron chi connectivity index (χ0n) is 57.6. The Kier molecular flexibility index (Phi) is 32.0. The number of amides is 12. The summed E-state index contributed by atoms with van der Waals surface area (Å²) in [5.74, 6) is -7.93. The van der Waals surface area contributed by atoms with Crippen LogP contribution in [0.3, 0.4) is 0 Å². The molecule has 28 nitrogen and oxygen atoms in total. The average Bonchev–Trinajstić information content (AvgIpc) is 1.80. The number of aliphatic hydroxyl groups excluding tert-OH is 1. The molecule has 0 aliphatic carbocycles. The zero-order valence-corrected chi connectivity index (χ0v) is 57.6. The number of carbonyl (C=O) groups is 12. The van der Waals surface area contributed by atoms with Gasteiger partial charge in [-0.15, -0.1) is 5.06 Å². The van der Waals surface area contributed by atoms with Crippen LogP contribution in [0.15, 0.2) is 54.6 Å². The number of carbonyl (C=O) groups excluding carboxylic acids is 12. The van der Waals surface area contributed by atoms with Crippen LogP contribution in [0.2, 0.25) is 0 Å². The lowest BCUT2D eigenvalue weighted by atomic mass is 9.89. The topological polar surface area (TPSA) is 373 Å². The highest BCUT2D eigenvalue weighted by Crippen LogP contribution is 2.31. The number of anilines is 1. The molecule has 2 saturated heterocycles. The smallest absolute Gasteiger partial charge is 0.410 e. The van der Waals surface area contributed by atoms with Gasteiger partial charge in [0.1, 0.15) is 30.8 Å². The maximum absolute atomic E-state index is 14.8. The van der Waals surface area contributed by atoms with Gasteiger partial charge in [0.05, 0.1) is 48.8 Å². The van der Waals surface area contributed by atoms with Gasteiger partial charge in [-0.2, -0.15) is 0 Å². The first-order chi connectivity index (χ1) is 44.9. The van der Waals surface area contributed by atoms with Gasteiger partial charge in [0, 0.05) is 72.8 Å². The molecule has 2 aliphatic heterocycles. The molecule has 12 atom stereocenters. The second-order valence-electron chi connectivity index (χ2n) is 25.7. The molecular weight excluding hydrogens is 1230 g/mol. The fourth-order valence-electron chi connectivity index (χ4n) is 11.9. The van der Waals surface area contributed by atoms with E-state index < -0.39 is 144 Å². The Labute approximate surface area is 557 Å². The summed E-state index contributed by atoms with van der Waals surface area (Å²) in [6.07, 6.45) is -1.90. The van der Waals surface area contributed by atoms with E-state index in [0.29, 0.717) is 47.7 Å². The molecule has 0 aromatic heterocycles. The minimum atomic E-state index is -1.17. The Morgan fingerprint density at radius 1 is 0.716 bits per heavy atom. The average molecular weight is 1330 g/mol. The van der Waals surface area contributed by atoms with E-state index in [-0.39, 0.29) is 82.3 Å². The Hall–Kier alpha value is -8.24. The third-order valence-electron chi connectivity index (χ3n) is 17.5. The molecular formula is C67H103N11O17. The molecule has 2 aromatic carbocycles. The van der Waals surface area contributed by atoms with Gasteiger partial charge >= 0.3 is 18.1 Å². The number of imide groups is 1. The van der Waals surface area contributed by atoms with E-state index in [1.165, 1.54) is 26.2 Å². The number of methoxy groups -OCH3 is 2. The molecule has 0 saturated carbocycles. The number of hydrogen-bond donors (Lipinski definition) is 8. The Morgan fingerprint density at radius 2 is 1.35 bits per heavy atom. The number of aliphatic hydroxyl groups is 1.